The Morgan fingerprint density at radius 1 is 1.20 bits per heavy atom. The molecule has 0 radical (unpaired) electrons. The summed E-state index contributed by atoms with van der Waals surface area (Å²) in [7, 11) is 1.79. The van der Waals surface area contributed by atoms with Gasteiger partial charge in [-0.2, -0.15) is 0 Å². The quantitative estimate of drug-likeness (QED) is 0.502. The molecule has 0 bridgehead atoms. The molecule has 0 fully saturated rings. The van der Waals surface area contributed by atoms with Crippen molar-refractivity contribution in [3.8, 4) is 5.88 Å². The van der Waals surface area contributed by atoms with Crippen molar-refractivity contribution >= 4 is 5.96 Å². The summed E-state index contributed by atoms with van der Waals surface area (Å²) in [6, 6.07) is 5.01. The summed E-state index contributed by atoms with van der Waals surface area (Å²) >= 11 is 0. The molecule has 0 aromatic carbocycles. The number of pyridine rings is 1. The molecule has 0 unspecified atom stereocenters. The van der Waals surface area contributed by atoms with E-state index in [2.05, 4.69) is 60.1 Å². The molecule has 1 rings (SSSR count). The van der Waals surface area contributed by atoms with Gasteiger partial charge in [0, 0.05) is 51.0 Å². The van der Waals surface area contributed by atoms with Gasteiger partial charge in [-0.15, -0.1) is 0 Å². The maximum absolute atomic E-state index is 5.50. The summed E-state index contributed by atoms with van der Waals surface area (Å²) in [6.07, 6.45) is 2.82. The zero-order valence-electron chi connectivity index (χ0n) is 16.7. The Balaban J connectivity index is 2.39. The average Bonchev–Trinajstić information content (AvgIpc) is 2.59. The molecule has 0 aliphatic rings. The number of hydrogen-bond acceptors (Lipinski definition) is 4. The highest BCUT2D eigenvalue weighted by molar-refractivity contribution is 5.79. The fourth-order valence-corrected chi connectivity index (χ4v) is 2.63. The van der Waals surface area contributed by atoms with Gasteiger partial charge in [0.1, 0.15) is 0 Å². The fourth-order valence-electron chi connectivity index (χ4n) is 2.63. The average molecular weight is 350 g/mol. The third kappa shape index (κ3) is 8.20. The lowest BCUT2D eigenvalue weighted by molar-refractivity contribution is 0.178. The Bertz CT molecular complexity index is 491. The van der Waals surface area contributed by atoms with Crippen LogP contribution in [0.5, 0.6) is 5.88 Å². The standard InChI is InChI=1S/C19H35N5O/c1-7-12-25-18-9-8-17(13-22-18)14-23-19(20-6)21-10-11-24(15(2)3)16(4)5/h8-9,13,15-16H,7,10-12,14H2,1-6H3,(H2,20,21,23). The van der Waals surface area contributed by atoms with Crippen molar-refractivity contribution in [2.75, 3.05) is 26.7 Å². The van der Waals surface area contributed by atoms with Gasteiger partial charge >= 0.3 is 0 Å². The van der Waals surface area contributed by atoms with Crippen LogP contribution in [0, 0.1) is 0 Å². The van der Waals surface area contributed by atoms with E-state index in [0.717, 1.165) is 31.0 Å². The first-order valence-electron chi connectivity index (χ1n) is 9.25. The van der Waals surface area contributed by atoms with Gasteiger partial charge in [-0.25, -0.2) is 4.98 Å². The zero-order chi connectivity index (χ0) is 18.7. The van der Waals surface area contributed by atoms with Crippen LogP contribution >= 0.6 is 0 Å². The van der Waals surface area contributed by atoms with Gasteiger partial charge in [-0.05, 0) is 39.7 Å². The van der Waals surface area contributed by atoms with Gasteiger partial charge in [-0.3, -0.25) is 9.89 Å². The minimum Gasteiger partial charge on any atom is -0.478 e. The first kappa shape index (κ1) is 21.2. The van der Waals surface area contributed by atoms with E-state index in [-0.39, 0.29) is 0 Å². The van der Waals surface area contributed by atoms with E-state index in [4.69, 9.17) is 4.74 Å². The number of aromatic nitrogens is 1. The summed E-state index contributed by atoms with van der Waals surface area (Å²) < 4.78 is 5.50. The number of aliphatic imine (C=N–C) groups is 1. The second kappa shape index (κ2) is 11.7. The molecule has 0 aliphatic carbocycles. The van der Waals surface area contributed by atoms with Crippen LogP contribution < -0.4 is 15.4 Å². The molecule has 1 aromatic heterocycles. The molecule has 0 aliphatic heterocycles. The van der Waals surface area contributed by atoms with E-state index in [9.17, 15) is 0 Å². The number of nitrogens with one attached hydrogen (secondary N) is 2. The SMILES string of the molecule is CCCOc1ccc(CNC(=NC)NCCN(C(C)C)C(C)C)cn1. The van der Waals surface area contributed by atoms with Gasteiger partial charge < -0.3 is 15.4 Å². The third-order valence-corrected chi connectivity index (χ3v) is 3.92. The second-order valence-corrected chi connectivity index (χ2v) is 6.63. The van der Waals surface area contributed by atoms with E-state index < -0.39 is 0 Å². The van der Waals surface area contributed by atoms with Gasteiger partial charge in [0.15, 0.2) is 5.96 Å². The molecule has 1 heterocycles. The van der Waals surface area contributed by atoms with E-state index in [1.807, 2.05) is 18.3 Å². The molecule has 0 atom stereocenters. The van der Waals surface area contributed by atoms with Gasteiger partial charge in [0.2, 0.25) is 5.88 Å². The lowest BCUT2D eigenvalue weighted by Crippen LogP contribution is -2.45. The summed E-state index contributed by atoms with van der Waals surface area (Å²) in [5, 5.41) is 6.69. The molecular formula is C19H35N5O. The topological polar surface area (TPSA) is 61.8 Å². The third-order valence-electron chi connectivity index (χ3n) is 3.92. The van der Waals surface area contributed by atoms with Crippen LogP contribution in [0.2, 0.25) is 0 Å². The van der Waals surface area contributed by atoms with Crippen molar-refractivity contribution in [2.24, 2.45) is 4.99 Å². The van der Waals surface area contributed by atoms with Crippen LogP contribution in [0.3, 0.4) is 0 Å². The summed E-state index contributed by atoms with van der Waals surface area (Å²) in [5.41, 5.74) is 1.10. The van der Waals surface area contributed by atoms with Crippen molar-refractivity contribution in [1.29, 1.82) is 0 Å². The Morgan fingerprint density at radius 3 is 2.44 bits per heavy atom. The molecule has 142 valence electrons. The number of guanidine groups is 1. The molecule has 0 saturated carbocycles. The van der Waals surface area contributed by atoms with Gasteiger partial charge in [-0.1, -0.05) is 13.0 Å². The predicted octanol–water partition coefficient (Wildman–Crippen LogP) is 2.65. The highest BCUT2D eigenvalue weighted by atomic mass is 16.5. The molecule has 2 N–H and O–H groups in total. The van der Waals surface area contributed by atoms with E-state index in [0.29, 0.717) is 31.1 Å². The lowest BCUT2D eigenvalue weighted by atomic mass is 10.2. The Hall–Kier alpha value is -1.82. The van der Waals surface area contributed by atoms with E-state index >= 15 is 0 Å². The number of ether oxygens (including phenoxy) is 1. The molecule has 1 aromatic rings. The highest BCUT2D eigenvalue weighted by Crippen LogP contribution is 2.07. The molecular weight excluding hydrogens is 314 g/mol. The van der Waals surface area contributed by atoms with Crippen LogP contribution in [0.1, 0.15) is 46.6 Å². The lowest BCUT2D eigenvalue weighted by Gasteiger charge is -2.30. The van der Waals surface area contributed by atoms with E-state index in [1.54, 1.807) is 7.05 Å². The van der Waals surface area contributed by atoms with Crippen molar-refractivity contribution in [3.63, 3.8) is 0 Å². The number of rotatable bonds is 10. The maximum atomic E-state index is 5.50. The van der Waals surface area contributed by atoms with Crippen molar-refractivity contribution in [2.45, 2.75) is 59.7 Å². The minimum atomic E-state index is 0.538. The van der Waals surface area contributed by atoms with Crippen molar-refractivity contribution in [3.05, 3.63) is 23.9 Å². The van der Waals surface area contributed by atoms with Crippen molar-refractivity contribution < 1.29 is 4.74 Å². The summed E-state index contributed by atoms with van der Waals surface area (Å²) in [6.45, 7) is 14.2. The predicted molar refractivity (Wildman–Crippen MR) is 105 cm³/mol. The Kier molecular flexibility index (Phi) is 9.92. The fraction of sp³-hybridized carbons (Fsp3) is 0.684. The van der Waals surface area contributed by atoms with Crippen LogP contribution in [0.4, 0.5) is 0 Å². The smallest absolute Gasteiger partial charge is 0.213 e. The first-order chi connectivity index (χ1) is 12.0. The largest absolute Gasteiger partial charge is 0.478 e. The molecule has 6 heteroatoms. The molecule has 0 spiro atoms. The zero-order valence-corrected chi connectivity index (χ0v) is 16.7. The van der Waals surface area contributed by atoms with Crippen LogP contribution in [-0.4, -0.2) is 54.7 Å². The number of hydrogen-bond donors (Lipinski definition) is 2. The van der Waals surface area contributed by atoms with Crippen LogP contribution in [0.15, 0.2) is 23.3 Å². The monoisotopic (exact) mass is 349 g/mol. The summed E-state index contributed by atoms with van der Waals surface area (Å²) in [4.78, 5) is 11.1. The van der Waals surface area contributed by atoms with Crippen LogP contribution in [-0.2, 0) is 6.54 Å². The van der Waals surface area contributed by atoms with Gasteiger partial charge in [0.05, 0.1) is 6.61 Å². The Morgan fingerprint density at radius 2 is 1.92 bits per heavy atom. The first-order valence-corrected chi connectivity index (χ1v) is 9.25. The maximum Gasteiger partial charge on any atom is 0.213 e. The van der Waals surface area contributed by atoms with Crippen LogP contribution in [0.25, 0.3) is 0 Å². The van der Waals surface area contributed by atoms with Crippen molar-refractivity contribution in [1.82, 2.24) is 20.5 Å². The number of nitrogens with zero attached hydrogens (tertiary/aromatic N) is 3. The Labute approximate surface area is 153 Å². The second-order valence-electron chi connectivity index (χ2n) is 6.63. The van der Waals surface area contributed by atoms with Gasteiger partial charge in [0.25, 0.3) is 0 Å². The minimum absolute atomic E-state index is 0.538. The molecule has 6 nitrogen and oxygen atoms in total. The summed E-state index contributed by atoms with van der Waals surface area (Å²) in [5.74, 6) is 1.48. The highest BCUT2D eigenvalue weighted by Gasteiger charge is 2.12. The molecule has 0 saturated heterocycles. The normalized spacial score (nSPS) is 12.1. The van der Waals surface area contributed by atoms with E-state index in [1.165, 1.54) is 0 Å². The molecule has 25 heavy (non-hydrogen) atoms. The molecule has 0 amide bonds.